The molecule has 3 heterocycles. The third kappa shape index (κ3) is 2.34. The molecule has 21 heavy (non-hydrogen) atoms. The quantitative estimate of drug-likeness (QED) is 0.695. The molecular formula is C12H15BrN4O4. The first-order valence-corrected chi connectivity index (χ1v) is 7.59. The molecule has 2 unspecified atom stereocenters. The van der Waals surface area contributed by atoms with Crippen LogP contribution < -0.4 is 11.2 Å². The molecule has 8 nitrogen and oxygen atoms in total. The van der Waals surface area contributed by atoms with Crippen molar-refractivity contribution in [1.82, 2.24) is 18.7 Å². The Morgan fingerprint density at radius 2 is 2.14 bits per heavy atom. The van der Waals surface area contributed by atoms with Crippen molar-refractivity contribution in [1.29, 1.82) is 0 Å². The van der Waals surface area contributed by atoms with Gasteiger partial charge in [0.1, 0.15) is 6.10 Å². The van der Waals surface area contributed by atoms with Crippen LogP contribution in [0.5, 0.6) is 0 Å². The highest BCUT2D eigenvalue weighted by atomic mass is 79.9. The van der Waals surface area contributed by atoms with Crippen LogP contribution in [0.4, 0.5) is 0 Å². The van der Waals surface area contributed by atoms with Crippen molar-refractivity contribution in [3.8, 4) is 0 Å². The summed E-state index contributed by atoms with van der Waals surface area (Å²) >= 11 is 3.30. The van der Waals surface area contributed by atoms with Gasteiger partial charge in [-0.25, -0.2) is 9.78 Å². The Morgan fingerprint density at radius 3 is 2.81 bits per heavy atom. The van der Waals surface area contributed by atoms with Gasteiger partial charge in [0.25, 0.3) is 5.56 Å². The fraction of sp³-hybridized carbons (Fsp3) is 0.583. The lowest BCUT2D eigenvalue weighted by molar-refractivity contribution is -0.0397. The van der Waals surface area contributed by atoms with Gasteiger partial charge in [-0.1, -0.05) is 15.9 Å². The number of aryl methyl sites for hydroxylation is 1. The molecule has 2 aromatic heterocycles. The van der Waals surface area contributed by atoms with Gasteiger partial charge in [-0.3, -0.25) is 13.9 Å². The van der Waals surface area contributed by atoms with Crippen LogP contribution in [0.3, 0.4) is 0 Å². The Labute approximate surface area is 128 Å². The van der Waals surface area contributed by atoms with Crippen molar-refractivity contribution >= 4 is 27.1 Å². The molecule has 1 saturated heterocycles. The van der Waals surface area contributed by atoms with Crippen molar-refractivity contribution in [3.05, 3.63) is 27.2 Å². The van der Waals surface area contributed by atoms with Gasteiger partial charge in [0.15, 0.2) is 17.5 Å². The lowest BCUT2D eigenvalue weighted by Crippen LogP contribution is -2.37. The smallest absolute Gasteiger partial charge is 0.332 e. The van der Waals surface area contributed by atoms with E-state index in [0.717, 1.165) is 4.57 Å². The Morgan fingerprint density at radius 1 is 1.38 bits per heavy atom. The number of rotatable bonds is 3. The number of halogens is 1. The molecule has 9 heteroatoms. The predicted octanol–water partition coefficient (Wildman–Crippen LogP) is -0.430. The van der Waals surface area contributed by atoms with Gasteiger partial charge in [0.2, 0.25) is 0 Å². The first-order chi connectivity index (χ1) is 10.0. The third-order valence-electron chi connectivity index (χ3n) is 3.56. The molecule has 0 bridgehead atoms. The van der Waals surface area contributed by atoms with Crippen LogP contribution in [0.2, 0.25) is 0 Å². The second-order valence-electron chi connectivity index (χ2n) is 4.95. The largest absolute Gasteiger partial charge is 0.349 e. The Hall–Kier alpha value is -1.45. The minimum Gasteiger partial charge on any atom is -0.349 e. The number of nitrogens with zero attached hydrogens (tertiary/aromatic N) is 4. The van der Waals surface area contributed by atoms with E-state index >= 15 is 0 Å². The second-order valence-corrected chi connectivity index (χ2v) is 5.60. The first kappa shape index (κ1) is 14.5. The zero-order chi connectivity index (χ0) is 15.1. The van der Waals surface area contributed by atoms with E-state index < -0.39 is 5.69 Å². The van der Waals surface area contributed by atoms with Crippen LogP contribution in [0.25, 0.3) is 11.2 Å². The highest BCUT2D eigenvalue weighted by Crippen LogP contribution is 2.16. The topological polar surface area (TPSA) is 80.3 Å². The summed E-state index contributed by atoms with van der Waals surface area (Å²) in [6.07, 6.45) is 1.14. The van der Waals surface area contributed by atoms with Crippen LogP contribution in [-0.4, -0.2) is 43.0 Å². The summed E-state index contributed by atoms with van der Waals surface area (Å²) < 4.78 is 15.2. The summed E-state index contributed by atoms with van der Waals surface area (Å²) in [5.41, 5.74) is 0.0173. The lowest BCUT2D eigenvalue weighted by Gasteiger charge is -2.11. The maximum Gasteiger partial charge on any atom is 0.332 e. The standard InChI is InChI=1S/C12H15BrN4O4/c1-15-10-9(11(18)16(2)12(15)19)17(6-14-10)4-7-5-20-8(3-13)21-7/h6-8H,3-5H2,1-2H3. The number of alkyl halides is 1. The van der Waals surface area contributed by atoms with E-state index in [0.29, 0.717) is 29.6 Å². The summed E-state index contributed by atoms with van der Waals surface area (Å²) in [7, 11) is 3.05. The van der Waals surface area contributed by atoms with Gasteiger partial charge in [0.05, 0.1) is 24.8 Å². The molecule has 1 fully saturated rings. The molecule has 0 saturated carbocycles. The monoisotopic (exact) mass is 358 g/mol. The maximum absolute atomic E-state index is 12.3. The molecular weight excluding hydrogens is 344 g/mol. The molecule has 0 aliphatic carbocycles. The number of hydrogen-bond donors (Lipinski definition) is 0. The average molecular weight is 359 g/mol. The van der Waals surface area contributed by atoms with E-state index in [2.05, 4.69) is 20.9 Å². The predicted molar refractivity (Wildman–Crippen MR) is 78.6 cm³/mol. The normalized spacial score (nSPS) is 22.2. The molecule has 0 radical (unpaired) electrons. The Bertz CT molecular complexity index is 793. The van der Waals surface area contributed by atoms with Crippen LogP contribution in [0.1, 0.15) is 0 Å². The zero-order valence-corrected chi connectivity index (χ0v) is 13.2. The van der Waals surface area contributed by atoms with E-state index in [1.165, 1.54) is 11.6 Å². The first-order valence-electron chi connectivity index (χ1n) is 6.46. The third-order valence-corrected chi connectivity index (χ3v) is 4.08. The minimum atomic E-state index is -0.391. The summed E-state index contributed by atoms with van der Waals surface area (Å²) in [4.78, 5) is 28.3. The molecule has 1 aliphatic heterocycles. The molecule has 114 valence electrons. The number of ether oxygens (including phenoxy) is 2. The molecule has 3 rings (SSSR count). The van der Waals surface area contributed by atoms with Crippen molar-refractivity contribution < 1.29 is 9.47 Å². The number of imidazole rings is 1. The summed E-state index contributed by atoms with van der Waals surface area (Å²) in [5, 5.41) is 0.602. The number of aromatic nitrogens is 4. The van der Waals surface area contributed by atoms with Crippen LogP contribution in [0.15, 0.2) is 15.9 Å². The van der Waals surface area contributed by atoms with E-state index in [4.69, 9.17) is 9.47 Å². The van der Waals surface area contributed by atoms with Gasteiger partial charge in [-0.2, -0.15) is 0 Å². The Kier molecular flexibility index (Phi) is 3.72. The Balaban J connectivity index is 2.01. The molecule has 0 spiro atoms. The maximum atomic E-state index is 12.3. The number of hydrogen-bond acceptors (Lipinski definition) is 5. The van der Waals surface area contributed by atoms with Gasteiger partial charge in [-0.05, 0) is 0 Å². The molecule has 0 aromatic carbocycles. The van der Waals surface area contributed by atoms with Crippen LogP contribution in [-0.2, 0) is 30.1 Å². The summed E-state index contributed by atoms with van der Waals surface area (Å²) in [6.45, 7) is 0.912. The highest BCUT2D eigenvalue weighted by Gasteiger charge is 2.26. The fourth-order valence-corrected chi connectivity index (χ4v) is 2.78. The average Bonchev–Trinajstić information content (AvgIpc) is 3.10. The number of fused-ring (bicyclic) bond motifs is 1. The van der Waals surface area contributed by atoms with Crippen molar-refractivity contribution in [2.45, 2.75) is 18.9 Å². The summed E-state index contributed by atoms with van der Waals surface area (Å²) in [5.74, 6) is 0. The molecule has 1 aliphatic rings. The second kappa shape index (κ2) is 5.39. The zero-order valence-electron chi connectivity index (χ0n) is 11.7. The van der Waals surface area contributed by atoms with Gasteiger partial charge in [-0.15, -0.1) is 0 Å². The van der Waals surface area contributed by atoms with Crippen molar-refractivity contribution in [2.24, 2.45) is 14.1 Å². The molecule has 2 atom stereocenters. The van der Waals surface area contributed by atoms with E-state index in [-0.39, 0.29) is 18.0 Å². The highest BCUT2D eigenvalue weighted by molar-refractivity contribution is 9.09. The SMILES string of the molecule is Cn1c(=O)c2c(ncn2CC2COC(CBr)O2)n(C)c1=O. The fourth-order valence-electron chi connectivity index (χ4n) is 2.44. The molecule has 2 aromatic rings. The summed E-state index contributed by atoms with van der Waals surface area (Å²) in [6, 6.07) is 0. The van der Waals surface area contributed by atoms with Gasteiger partial charge in [0, 0.05) is 14.1 Å². The van der Waals surface area contributed by atoms with E-state index in [9.17, 15) is 9.59 Å². The van der Waals surface area contributed by atoms with Crippen LogP contribution in [0, 0.1) is 0 Å². The lowest BCUT2D eigenvalue weighted by atomic mass is 10.3. The molecule has 0 amide bonds. The van der Waals surface area contributed by atoms with Gasteiger partial charge < -0.3 is 14.0 Å². The van der Waals surface area contributed by atoms with Crippen LogP contribution >= 0.6 is 15.9 Å². The van der Waals surface area contributed by atoms with E-state index in [1.807, 2.05) is 0 Å². The molecule has 0 N–H and O–H groups in total. The minimum absolute atomic E-state index is 0.146. The van der Waals surface area contributed by atoms with E-state index in [1.54, 1.807) is 17.9 Å². The van der Waals surface area contributed by atoms with Crippen molar-refractivity contribution in [3.63, 3.8) is 0 Å². The van der Waals surface area contributed by atoms with Gasteiger partial charge >= 0.3 is 5.69 Å². The van der Waals surface area contributed by atoms with Crippen molar-refractivity contribution in [2.75, 3.05) is 11.9 Å².